The lowest BCUT2D eigenvalue weighted by Gasteiger charge is -2.13. The lowest BCUT2D eigenvalue weighted by molar-refractivity contribution is 0.0447. The molecule has 0 aliphatic carbocycles. The molecule has 2 aromatic rings. The summed E-state index contributed by atoms with van der Waals surface area (Å²) in [6.07, 6.45) is 3.19. The Kier molecular flexibility index (Phi) is 7.67. The van der Waals surface area contributed by atoms with Crippen molar-refractivity contribution >= 4 is 11.9 Å². The van der Waals surface area contributed by atoms with E-state index < -0.39 is 0 Å². The van der Waals surface area contributed by atoms with Crippen molar-refractivity contribution in [2.24, 2.45) is 0 Å². The molecule has 0 saturated carbocycles. The van der Waals surface area contributed by atoms with Crippen molar-refractivity contribution in [3.8, 4) is 17.2 Å². The second-order valence-corrected chi connectivity index (χ2v) is 5.20. The van der Waals surface area contributed by atoms with Gasteiger partial charge in [-0.2, -0.15) is 0 Å². The molecule has 0 spiro atoms. The van der Waals surface area contributed by atoms with Gasteiger partial charge in [-0.3, -0.25) is 4.79 Å². The zero-order chi connectivity index (χ0) is 18.8. The Morgan fingerprint density at radius 3 is 1.96 bits per heavy atom. The molecule has 0 fully saturated rings. The number of carbonyl (C=O) groups excluding carboxylic acids is 1. The van der Waals surface area contributed by atoms with Crippen molar-refractivity contribution in [3.05, 3.63) is 59.7 Å². The Bertz CT molecular complexity index is 710. The van der Waals surface area contributed by atoms with E-state index in [4.69, 9.17) is 23.7 Å². The number of ether oxygens (including phenoxy) is 5. The largest absolute Gasteiger partial charge is 0.497 e. The summed E-state index contributed by atoms with van der Waals surface area (Å²) >= 11 is 0. The fraction of sp³-hybridized carbons (Fsp3) is 0.250. The Hall–Kier alpha value is -2.83. The molecule has 6 nitrogen and oxygen atoms in total. The van der Waals surface area contributed by atoms with Crippen LogP contribution in [0.1, 0.15) is 15.9 Å². The molecular formula is C20H22O6. The zero-order valence-electron chi connectivity index (χ0n) is 15.1. The lowest BCUT2D eigenvalue weighted by atomic mass is 10.1. The van der Waals surface area contributed by atoms with Gasteiger partial charge in [0.15, 0.2) is 19.4 Å². The summed E-state index contributed by atoms with van der Waals surface area (Å²) in [6, 6.07) is 12.5. The van der Waals surface area contributed by atoms with E-state index in [-0.39, 0.29) is 19.4 Å². The van der Waals surface area contributed by atoms with Gasteiger partial charge >= 0.3 is 0 Å². The number of carbonyl (C=O) groups is 1. The van der Waals surface area contributed by atoms with Crippen molar-refractivity contribution in [2.75, 3.05) is 34.9 Å². The van der Waals surface area contributed by atoms with Crippen LogP contribution in [-0.2, 0) is 9.47 Å². The molecule has 26 heavy (non-hydrogen) atoms. The maximum Gasteiger partial charge on any atom is 0.193 e. The first-order valence-electron chi connectivity index (χ1n) is 7.92. The van der Waals surface area contributed by atoms with Crippen LogP contribution in [0.4, 0.5) is 0 Å². The number of ketones is 1. The van der Waals surface area contributed by atoms with Gasteiger partial charge in [0.1, 0.15) is 22.8 Å². The average Bonchev–Trinajstić information content (AvgIpc) is 2.69. The average molecular weight is 358 g/mol. The van der Waals surface area contributed by atoms with Crippen LogP contribution in [0.15, 0.2) is 48.5 Å². The lowest BCUT2D eigenvalue weighted by Crippen LogP contribution is -2.09. The molecule has 0 atom stereocenters. The maximum atomic E-state index is 12.8. The van der Waals surface area contributed by atoms with Gasteiger partial charge in [-0.1, -0.05) is 24.3 Å². The topological polar surface area (TPSA) is 63.2 Å². The van der Waals surface area contributed by atoms with Gasteiger partial charge in [0, 0.05) is 14.2 Å². The van der Waals surface area contributed by atoms with E-state index in [1.54, 1.807) is 31.4 Å². The fourth-order valence-corrected chi connectivity index (χ4v) is 2.21. The van der Waals surface area contributed by atoms with Crippen LogP contribution in [0.2, 0.25) is 0 Å². The van der Waals surface area contributed by atoms with Gasteiger partial charge in [0.2, 0.25) is 0 Å². The Morgan fingerprint density at radius 1 is 0.885 bits per heavy atom. The zero-order valence-corrected chi connectivity index (χ0v) is 15.1. The number of hydrogen-bond donors (Lipinski definition) is 0. The van der Waals surface area contributed by atoms with Gasteiger partial charge in [-0.25, -0.2) is 0 Å². The molecule has 6 heteroatoms. The molecular weight excluding hydrogens is 336 g/mol. The number of methoxy groups -OCH3 is 3. The minimum absolute atomic E-state index is 0.0240. The van der Waals surface area contributed by atoms with Gasteiger partial charge < -0.3 is 23.7 Å². The molecule has 0 aliphatic rings. The Balaban J connectivity index is 2.27. The molecule has 0 heterocycles. The van der Waals surface area contributed by atoms with Crippen molar-refractivity contribution in [1.29, 1.82) is 0 Å². The molecule has 0 amide bonds. The highest BCUT2D eigenvalue weighted by molar-refractivity contribution is 6.10. The van der Waals surface area contributed by atoms with E-state index in [9.17, 15) is 4.79 Å². The number of allylic oxidation sites excluding steroid dienone is 1. The molecule has 0 unspecified atom stereocenters. The first kappa shape index (κ1) is 19.5. The SMILES string of the molecule is COCOc1cccc(OCOC)c1C(=O)/C=C/c1ccc(OC)cc1. The minimum Gasteiger partial charge on any atom is -0.497 e. The van der Waals surface area contributed by atoms with E-state index in [0.29, 0.717) is 17.1 Å². The predicted octanol–water partition coefficient (Wildman–Crippen LogP) is 3.56. The summed E-state index contributed by atoms with van der Waals surface area (Å²) in [4.78, 5) is 12.8. The van der Waals surface area contributed by atoms with E-state index in [1.165, 1.54) is 20.3 Å². The molecule has 0 radical (unpaired) electrons. The first-order chi connectivity index (χ1) is 12.7. The minimum atomic E-state index is -0.251. The van der Waals surface area contributed by atoms with E-state index in [1.807, 2.05) is 24.3 Å². The molecule has 0 aliphatic heterocycles. The van der Waals surface area contributed by atoms with E-state index in [0.717, 1.165) is 11.3 Å². The summed E-state index contributed by atoms with van der Waals surface area (Å²) < 4.78 is 26.0. The quantitative estimate of drug-likeness (QED) is 0.368. The number of rotatable bonds is 10. The molecule has 2 rings (SSSR count). The Morgan fingerprint density at radius 2 is 1.46 bits per heavy atom. The third kappa shape index (κ3) is 5.34. The number of hydrogen-bond acceptors (Lipinski definition) is 6. The van der Waals surface area contributed by atoms with Gasteiger partial charge in [0.25, 0.3) is 0 Å². The van der Waals surface area contributed by atoms with Gasteiger partial charge in [-0.15, -0.1) is 0 Å². The van der Waals surface area contributed by atoms with Crippen molar-refractivity contribution < 1.29 is 28.5 Å². The standard InChI is InChI=1S/C20H22O6/c1-22-13-25-18-5-4-6-19(26-14-23-2)20(18)17(21)12-9-15-7-10-16(24-3)11-8-15/h4-12H,13-14H2,1-3H3/b12-9+. The predicted molar refractivity (Wildman–Crippen MR) is 97.8 cm³/mol. The Labute approximate surface area is 152 Å². The second kappa shape index (κ2) is 10.2. The summed E-state index contributed by atoms with van der Waals surface area (Å²) in [6.45, 7) is 0.0480. The van der Waals surface area contributed by atoms with Crippen molar-refractivity contribution in [1.82, 2.24) is 0 Å². The highest BCUT2D eigenvalue weighted by Crippen LogP contribution is 2.30. The molecule has 0 bridgehead atoms. The maximum absolute atomic E-state index is 12.8. The van der Waals surface area contributed by atoms with Crippen LogP contribution >= 0.6 is 0 Å². The smallest absolute Gasteiger partial charge is 0.193 e. The normalized spacial score (nSPS) is 10.7. The summed E-state index contributed by atoms with van der Waals surface area (Å²) in [5.41, 5.74) is 1.18. The van der Waals surface area contributed by atoms with Gasteiger partial charge in [0.05, 0.1) is 7.11 Å². The van der Waals surface area contributed by atoms with Crippen molar-refractivity contribution in [3.63, 3.8) is 0 Å². The molecule has 2 aromatic carbocycles. The van der Waals surface area contributed by atoms with E-state index in [2.05, 4.69) is 0 Å². The monoisotopic (exact) mass is 358 g/mol. The van der Waals surface area contributed by atoms with Crippen LogP contribution in [-0.4, -0.2) is 40.7 Å². The summed E-state index contributed by atoms with van der Waals surface area (Å²) in [5, 5.41) is 0. The van der Waals surface area contributed by atoms with Crippen LogP contribution in [0.3, 0.4) is 0 Å². The summed E-state index contributed by atoms with van der Waals surface area (Å²) in [5.74, 6) is 1.26. The third-order valence-corrected chi connectivity index (χ3v) is 3.44. The van der Waals surface area contributed by atoms with E-state index >= 15 is 0 Å². The number of benzene rings is 2. The third-order valence-electron chi connectivity index (χ3n) is 3.44. The van der Waals surface area contributed by atoms with Crippen LogP contribution in [0, 0.1) is 0 Å². The molecule has 138 valence electrons. The molecule has 0 N–H and O–H groups in total. The highest BCUT2D eigenvalue weighted by Gasteiger charge is 2.17. The second-order valence-electron chi connectivity index (χ2n) is 5.20. The van der Waals surface area contributed by atoms with Gasteiger partial charge in [-0.05, 0) is 35.9 Å². The van der Waals surface area contributed by atoms with Crippen LogP contribution in [0.5, 0.6) is 17.2 Å². The summed E-state index contributed by atoms with van der Waals surface area (Å²) in [7, 11) is 4.62. The van der Waals surface area contributed by atoms with Crippen LogP contribution in [0.25, 0.3) is 6.08 Å². The first-order valence-corrected chi connectivity index (χ1v) is 7.92. The van der Waals surface area contributed by atoms with Crippen LogP contribution < -0.4 is 14.2 Å². The molecule has 0 aromatic heterocycles. The highest BCUT2D eigenvalue weighted by atomic mass is 16.7. The molecule has 0 saturated heterocycles. The van der Waals surface area contributed by atoms with Crippen molar-refractivity contribution in [2.45, 2.75) is 0 Å². The fourth-order valence-electron chi connectivity index (χ4n) is 2.21.